The van der Waals surface area contributed by atoms with Crippen LogP contribution in [0.1, 0.15) is 12.8 Å². The first kappa shape index (κ1) is 15.4. The molecule has 1 unspecified atom stereocenters. The van der Waals surface area contributed by atoms with E-state index in [2.05, 4.69) is 0 Å². The largest absolute Gasteiger partial charge is 2.00 e. The summed E-state index contributed by atoms with van der Waals surface area (Å²) in [4.78, 5) is 30.2. The molecule has 80 valence electrons. The molecule has 0 saturated heterocycles. The number of rotatable bonds is 5. The van der Waals surface area contributed by atoms with Crippen LogP contribution in [0.25, 0.3) is 0 Å². The zero-order valence-electron chi connectivity index (χ0n) is 6.70. The van der Waals surface area contributed by atoms with Crippen LogP contribution in [0.4, 0.5) is 0 Å². The Balaban J connectivity index is 0. The second-order valence-corrected chi connectivity index (χ2v) is 2.44. The van der Waals surface area contributed by atoms with Crippen LogP contribution in [0, 0.1) is 0 Å². The molecular weight excluding hydrogens is 240 g/mol. The number of aliphatic carboxylic acids is 3. The zero-order chi connectivity index (χ0) is 10.6. The average molecular weight is 246 g/mol. The SMILES string of the molecule is O=C([O-])CC(O)(CC(=O)O)C(=O)[O-].[Fe+2]. The van der Waals surface area contributed by atoms with Crippen molar-refractivity contribution in [3.63, 3.8) is 0 Å². The van der Waals surface area contributed by atoms with Crippen molar-refractivity contribution in [2.75, 3.05) is 0 Å². The van der Waals surface area contributed by atoms with Gasteiger partial charge in [-0.3, -0.25) is 4.79 Å². The van der Waals surface area contributed by atoms with Crippen LogP contribution < -0.4 is 10.2 Å². The fourth-order valence-electron chi connectivity index (χ4n) is 0.696. The fourth-order valence-corrected chi connectivity index (χ4v) is 0.696. The van der Waals surface area contributed by atoms with Crippen molar-refractivity contribution in [3.8, 4) is 0 Å². The fraction of sp³-hybridized carbons (Fsp3) is 0.500. The first-order valence-corrected chi connectivity index (χ1v) is 3.13. The minimum Gasteiger partial charge on any atom is -0.550 e. The van der Waals surface area contributed by atoms with Gasteiger partial charge in [-0.15, -0.1) is 0 Å². The molecule has 0 aromatic carbocycles. The summed E-state index contributed by atoms with van der Waals surface area (Å²) < 4.78 is 0. The number of carbonyl (C=O) groups excluding carboxylic acids is 2. The summed E-state index contributed by atoms with van der Waals surface area (Å²) in [5.74, 6) is -5.67. The van der Waals surface area contributed by atoms with Crippen LogP contribution in [0.3, 0.4) is 0 Å². The van der Waals surface area contributed by atoms with Crippen LogP contribution >= 0.6 is 0 Å². The smallest absolute Gasteiger partial charge is 0.550 e. The molecule has 7 nitrogen and oxygen atoms in total. The monoisotopic (exact) mass is 246 g/mol. The first-order chi connectivity index (χ1) is 5.78. The van der Waals surface area contributed by atoms with Crippen molar-refractivity contribution in [1.29, 1.82) is 0 Å². The standard InChI is InChI=1S/C6H8O7.Fe/c7-3(8)1-6(13,5(11)12)2-4(9)10;/h13H,1-2H2,(H,7,8)(H,9,10)(H,11,12);/q;+2/p-2. The third kappa shape index (κ3) is 4.80. The zero-order valence-corrected chi connectivity index (χ0v) is 7.81. The van der Waals surface area contributed by atoms with E-state index in [1.807, 2.05) is 0 Å². The van der Waals surface area contributed by atoms with E-state index < -0.39 is 36.4 Å². The second-order valence-electron chi connectivity index (χ2n) is 2.44. The van der Waals surface area contributed by atoms with E-state index in [0.29, 0.717) is 0 Å². The van der Waals surface area contributed by atoms with E-state index in [4.69, 9.17) is 10.2 Å². The number of carboxylic acids is 3. The molecule has 0 saturated carbocycles. The number of hydrogen-bond donors (Lipinski definition) is 2. The van der Waals surface area contributed by atoms with Crippen molar-refractivity contribution in [2.24, 2.45) is 0 Å². The summed E-state index contributed by atoms with van der Waals surface area (Å²) in [7, 11) is 0. The van der Waals surface area contributed by atoms with Gasteiger partial charge in [0, 0.05) is 12.4 Å². The van der Waals surface area contributed by atoms with Crippen LogP contribution in [0.5, 0.6) is 0 Å². The Bertz CT molecular complexity index is 233. The summed E-state index contributed by atoms with van der Waals surface area (Å²) in [6, 6.07) is 0. The first-order valence-electron chi connectivity index (χ1n) is 3.13. The molecule has 0 aliphatic carbocycles. The molecule has 8 heteroatoms. The number of hydrogen-bond acceptors (Lipinski definition) is 6. The van der Waals surface area contributed by atoms with Gasteiger partial charge >= 0.3 is 23.0 Å². The summed E-state index contributed by atoms with van der Waals surface area (Å²) in [5, 5.41) is 37.2. The van der Waals surface area contributed by atoms with Crippen LogP contribution in [-0.4, -0.2) is 33.7 Å². The van der Waals surface area contributed by atoms with Crippen molar-refractivity contribution in [3.05, 3.63) is 0 Å². The van der Waals surface area contributed by atoms with Crippen molar-refractivity contribution < 1.29 is 51.9 Å². The maximum atomic E-state index is 10.2. The van der Waals surface area contributed by atoms with Gasteiger partial charge in [-0.1, -0.05) is 0 Å². The molecule has 14 heavy (non-hydrogen) atoms. The molecule has 0 heterocycles. The van der Waals surface area contributed by atoms with Gasteiger partial charge in [-0.05, 0) is 0 Å². The Morgan fingerprint density at radius 2 is 1.57 bits per heavy atom. The minimum absolute atomic E-state index is 0. The molecule has 0 fully saturated rings. The van der Waals surface area contributed by atoms with Crippen LogP contribution in [-0.2, 0) is 31.5 Å². The Morgan fingerprint density at radius 1 is 1.14 bits per heavy atom. The summed E-state index contributed by atoms with van der Waals surface area (Å²) in [6.45, 7) is 0. The summed E-state index contributed by atoms with van der Waals surface area (Å²) in [6.07, 6.45) is -2.56. The molecule has 0 amide bonds. The maximum Gasteiger partial charge on any atom is 2.00 e. The third-order valence-electron chi connectivity index (χ3n) is 1.26. The molecule has 0 rings (SSSR count). The molecule has 0 aromatic rings. The Kier molecular flexibility index (Phi) is 6.13. The normalized spacial score (nSPS) is 13.5. The Labute approximate surface area is 88.8 Å². The second kappa shape index (κ2) is 5.58. The maximum absolute atomic E-state index is 10.2. The van der Waals surface area contributed by atoms with Gasteiger partial charge < -0.3 is 30.0 Å². The molecule has 0 aromatic heterocycles. The Hall–Kier alpha value is -1.11. The van der Waals surface area contributed by atoms with Crippen LogP contribution in [0.15, 0.2) is 0 Å². The van der Waals surface area contributed by atoms with E-state index in [0.717, 1.165) is 0 Å². The minimum atomic E-state index is -2.91. The summed E-state index contributed by atoms with van der Waals surface area (Å²) in [5.41, 5.74) is -2.91. The molecule has 0 spiro atoms. The van der Waals surface area contributed by atoms with Gasteiger partial charge in [0.2, 0.25) is 0 Å². The van der Waals surface area contributed by atoms with E-state index >= 15 is 0 Å². The van der Waals surface area contributed by atoms with E-state index in [1.54, 1.807) is 0 Å². The van der Waals surface area contributed by atoms with Gasteiger partial charge in [0.25, 0.3) is 0 Å². The number of carboxylic acid groups (broad SMARTS) is 3. The third-order valence-corrected chi connectivity index (χ3v) is 1.26. The van der Waals surface area contributed by atoms with E-state index in [1.165, 1.54) is 0 Å². The predicted octanol–water partition coefficient (Wildman–Crippen LogP) is -3.92. The number of aliphatic hydroxyl groups is 1. The van der Waals surface area contributed by atoms with E-state index in [9.17, 15) is 24.6 Å². The van der Waals surface area contributed by atoms with E-state index in [-0.39, 0.29) is 17.1 Å². The van der Waals surface area contributed by atoms with Crippen LogP contribution in [0.2, 0.25) is 0 Å². The predicted molar refractivity (Wildman–Crippen MR) is 31.8 cm³/mol. The number of carbonyl (C=O) groups is 3. The van der Waals surface area contributed by atoms with Crippen molar-refractivity contribution >= 4 is 17.9 Å². The van der Waals surface area contributed by atoms with Gasteiger partial charge in [-0.25, -0.2) is 0 Å². The van der Waals surface area contributed by atoms with Gasteiger partial charge in [0.15, 0.2) is 0 Å². The molecule has 0 aliphatic heterocycles. The molecule has 2 N–H and O–H groups in total. The van der Waals surface area contributed by atoms with Crippen molar-refractivity contribution in [2.45, 2.75) is 18.4 Å². The average Bonchev–Trinajstić information content (AvgIpc) is 1.82. The molecule has 0 radical (unpaired) electrons. The van der Waals surface area contributed by atoms with Gasteiger partial charge in [0.05, 0.1) is 12.4 Å². The molecular formula is C6H6FeO7. The van der Waals surface area contributed by atoms with Crippen molar-refractivity contribution in [1.82, 2.24) is 0 Å². The Morgan fingerprint density at radius 3 is 1.79 bits per heavy atom. The summed E-state index contributed by atoms with van der Waals surface area (Å²) >= 11 is 0. The van der Waals surface area contributed by atoms with Gasteiger partial charge in [-0.2, -0.15) is 0 Å². The van der Waals surface area contributed by atoms with Gasteiger partial charge in [0.1, 0.15) is 5.60 Å². The topological polar surface area (TPSA) is 138 Å². The molecule has 1 atom stereocenters. The quantitative estimate of drug-likeness (QED) is 0.472. The molecule has 0 aliphatic rings. The molecule has 0 bridgehead atoms.